The third-order valence-corrected chi connectivity index (χ3v) is 7.79. The average Bonchev–Trinajstić information content (AvgIpc) is 3.42. The van der Waals surface area contributed by atoms with E-state index in [-0.39, 0.29) is 21.0 Å². The fourth-order valence-corrected chi connectivity index (χ4v) is 4.50. The Labute approximate surface area is 313 Å². The molecule has 0 aromatic carbocycles. The zero-order chi connectivity index (χ0) is 35.0. The van der Waals surface area contributed by atoms with Crippen molar-refractivity contribution in [1.29, 1.82) is 0 Å². The van der Waals surface area contributed by atoms with Gasteiger partial charge in [0.2, 0.25) is 0 Å². The van der Waals surface area contributed by atoms with Gasteiger partial charge in [-0.1, -0.05) is 128 Å². The minimum Gasteiger partial charge on any atom is -0.364 e. The summed E-state index contributed by atoms with van der Waals surface area (Å²) in [5.41, 5.74) is 6.21. The molecule has 0 atom stereocenters. The molecule has 0 unspecified atom stereocenters. The number of nitro groups is 2. The van der Waals surface area contributed by atoms with E-state index in [0.29, 0.717) is 36.5 Å². The van der Waals surface area contributed by atoms with Crippen LogP contribution in [0.5, 0.6) is 0 Å². The van der Waals surface area contributed by atoms with Gasteiger partial charge in [0.1, 0.15) is 19.3 Å². The molecule has 1 aliphatic rings. The van der Waals surface area contributed by atoms with Crippen LogP contribution in [0.3, 0.4) is 0 Å². The molecule has 252 valence electrons. The largest absolute Gasteiger partial charge is 0.364 e. The van der Waals surface area contributed by atoms with E-state index in [1.807, 2.05) is 6.07 Å². The van der Waals surface area contributed by atoms with Crippen molar-refractivity contribution in [3.8, 4) is 0 Å². The van der Waals surface area contributed by atoms with Crippen LogP contribution in [-0.2, 0) is 13.1 Å². The van der Waals surface area contributed by atoms with Gasteiger partial charge in [-0.05, 0) is 23.3 Å². The number of nitrogens with two attached hydrogens (primary N) is 1. The Morgan fingerprint density at radius 3 is 1.78 bits per heavy atom. The minimum atomic E-state index is -0.886. The van der Waals surface area contributed by atoms with Crippen molar-refractivity contribution in [3.05, 3.63) is 119 Å². The van der Waals surface area contributed by atoms with Gasteiger partial charge in [-0.3, -0.25) is 20.2 Å². The monoisotopic (exact) mass is 836 g/mol. The second-order valence-corrected chi connectivity index (χ2v) is 12.6. The van der Waals surface area contributed by atoms with Crippen LogP contribution >= 0.6 is 116 Å². The van der Waals surface area contributed by atoms with Gasteiger partial charge in [0, 0.05) is 51.7 Å². The number of halogens is 10. The van der Waals surface area contributed by atoms with E-state index in [2.05, 4.69) is 20.6 Å². The third kappa shape index (κ3) is 15.1. The molecule has 46 heavy (non-hydrogen) atoms. The van der Waals surface area contributed by atoms with Gasteiger partial charge >= 0.3 is 11.4 Å². The van der Waals surface area contributed by atoms with Gasteiger partial charge in [0.05, 0.1) is 9.85 Å². The standard InChI is InChI=1S/C12H10Cl4N4O2.C8H12ClN3.C4Cl5NO2/c13-8-2-1-7(5-18-8)6-19-4-3-17-12(19)10(20(21)22)9(14)11(15)16;9-8-2-1-7(6-12-8)5-11-4-3-10;5-1(3(6)7)2(4(8)9)10(11)12/h1-2,5,17H,3-4,6H2;1-2,6,11H,3-5,10H2;/b12-10+;;. The molecule has 12 nitrogen and oxygen atoms in total. The normalized spacial score (nSPS) is 12.8. The first-order valence-electron chi connectivity index (χ1n) is 12.2. The summed E-state index contributed by atoms with van der Waals surface area (Å²) < 4.78 is -1.44. The van der Waals surface area contributed by atoms with Gasteiger partial charge in [0.25, 0.3) is 0 Å². The summed E-state index contributed by atoms with van der Waals surface area (Å²) in [5, 5.41) is 27.7. The smallest absolute Gasteiger partial charge is 0.330 e. The van der Waals surface area contributed by atoms with Crippen LogP contribution < -0.4 is 16.4 Å². The third-order valence-electron chi connectivity index (χ3n) is 5.11. The highest BCUT2D eigenvalue weighted by Crippen LogP contribution is 2.31. The lowest BCUT2D eigenvalue weighted by molar-refractivity contribution is -0.422. The van der Waals surface area contributed by atoms with Gasteiger partial charge in [-0.2, -0.15) is 0 Å². The second-order valence-electron chi connectivity index (χ2n) is 8.26. The number of nitrogens with one attached hydrogen (secondary N) is 2. The maximum absolute atomic E-state index is 11.3. The number of allylic oxidation sites excluding steroid dienone is 2. The Balaban J connectivity index is 0.000000376. The first-order chi connectivity index (χ1) is 21.6. The molecule has 22 heteroatoms. The van der Waals surface area contributed by atoms with Crippen molar-refractivity contribution in [2.45, 2.75) is 13.1 Å². The quantitative estimate of drug-likeness (QED) is 0.0701. The van der Waals surface area contributed by atoms with Crippen LogP contribution in [0.1, 0.15) is 11.1 Å². The molecule has 0 bridgehead atoms. The fraction of sp³-hybridized carbons (Fsp3) is 0.250. The average molecular weight is 841 g/mol. The zero-order valence-corrected chi connectivity index (χ0v) is 30.5. The molecule has 3 rings (SSSR count). The molecule has 1 saturated heterocycles. The Morgan fingerprint density at radius 1 is 0.848 bits per heavy atom. The Kier molecular flexibility index (Phi) is 20.5. The SMILES string of the molecule is NCCNCc1ccc(Cl)nc1.O=[N+]([O-])/C(C(Cl)=C(Cl)Cl)=C1\NCCN1Cc1ccc(Cl)nc1.O=[N+]([O-])C(=C(Cl)Cl)C(Cl)=C(Cl)Cl. The minimum absolute atomic E-state index is 0.267. The van der Waals surface area contributed by atoms with Crippen molar-refractivity contribution >= 4 is 116 Å². The molecule has 0 amide bonds. The van der Waals surface area contributed by atoms with E-state index >= 15 is 0 Å². The molecule has 2 aromatic rings. The van der Waals surface area contributed by atoms with Crippen LogP contribution in [0.2, 0.25) is 10.3 Å². The van der Waals surface area contributed by atoms with Crippen LogP contribution in [0, 0.1) is 20.2 Å². The van der Waals surface area contributed by atoms with Crippen molar-refractivity contribution in [3.63, 3.8) is 0 Å². The molecular formula is C24H22Cl10N8O4. The van der Waals surface area contributed by atoms with E-state index in [0.717, 1.165) is 24.2 Å². The molecule has 0 radical (unpaired) electrons. The number of hydrogen-bond acceptors (Lipinski definition) is 10. The number of rotatable bonds is 10. The highest BCUT2D eigenvalue weighted by Gasteiger charge is 2.31. The molecule has 3 heterocycles. The van der Waals surface area contributed by atoms with Gasteiger partial charge in [-0.15, -0.1) is 0 Å². The summed E-state index contributed by atoms with van der Waals surface area (Å²) in [6, 6.07) is 7.17. The molecule has 1 fully saturated rings. The van der Waals surface area contributed by atoms with Crippen LogP contribution in [0.25, 0.3) is 0 Å². The highest BCUT2D eigenvalue weighted by atomic mass is 35.5. The van der Waals surface area contributed by atoms with Crippen LogP contribution in [0.4, 0.5) is 0 Å². The van der Waals surface area contributed by atoms with Crippen molar-refractivity contribution in [1.82, 2.24) is 25.5 Å². The fourth-order valence-electron chi connectivity index (χ4n) is 3.17. The first kappa shape index (κ1) is 42.5. The number of hydrogen-bond donors (Lipinski definition) is 3. The molecule has 0 aliphatic carbocycles. The topological polar surface area (TPSA) is 165 Å². The number of pyridine rings is 2. The Hall–Kier alpha value is -1.52. The highest BCUT2D eigenvalue weighted by molar-refractivity contribution is 6.61. The zero-order valence-electron chi connectivity index (χ0n) is 22.9. The first-order valence-corrected chi connectivity index (χ1v) is 16.0. The molecular weight excluding hydrogens is 819 g/mol. The van der Waals surface area contributed by atoms with E-state index < -0.39 is 29.6 Å². The van der Waals surface area contributed by atoms with Crippen molar-refractivity contribution in [2.75, 3.05) is 26.2 Å². The van der Waals surface area contributed by atoms with Crippen molar-refractivity contribution < 1.29 is 9.85 Å². The molecule has 1 aliphatic heterocycles. The molecule has 4 N–H and O–H groups in total. The van der Waals surface area contributed by atoms with Gasteiger partial charge < -0.3 is 21.3 Å². The summed E-state index contributed by atoms with van der Waals surface area (Å²) >= 11 is 54.3. The lowest BCUT2D eigenvalue weighted by atomic mass is 10.2. The summed E-state index contributed by atoms with van der Waals surface area (Å²) in [6.45, 7) is 3.79. The lowest BCUT2D eigenvalue weighted by Crippen LogP contribution is -2.24. The van der Waals surface area contributed by atoms with Gasteiger partial charge in [-0.25, -0.2) is 9.97 Å². The van der Waals surface area contributed by atoms with E-state index in [9.17, 15) is 20.2 Å². The van der Waals surface area contributed by atoms with Crippen molar-refractivity contribution in [2.24, 2.45) is 5.73 Å². The number of nitrogens with zero attached hydrogens (tertiary/aromatic N) is 5. The second kappa shape index (κ2) is 22.2. The Bertz CT molecular complexity index is 1460. The molecule has 2 aromatic heterocycles. The molecule has 0 saturated carbocycles. The summed E-state index contributed by atoms with van der Waals surface area (Å²) in [5.74, 6) is 0.267. The number of aromatic nitrogens is 2. The maximum Gasteiger partial charge on any atom is 0.330 e. The van der Waals surface area contributed by atoms with E-state index in [4.69, 9.17) is 122 Å². The predicted molar refractivity (Wildman–Crippen MR) is 187 cm³/mol. The van der Waals surface area contributed by atoms with Crippen LogP contribution in [0.15, 0.2) is 77.4 Å². The molecule has 0 spiro atoms. The lowest BCUT2D eigenvalue weighted by Gasteiger charge is -2.18. The summed E-state index contributed by atoms with van der Waals surface area (Å²) in [7, 11) is 0. The summed E-state index contributed by atoms with van der Waals surface area (Å²) in [6.07, 6.45) is 3.36. The Morgan fingerprint density at radius 2 is 1.39 bits per heavy atom. The van der Waals surface area contributed by atoms with E-state index in [1.165, 1.54) is 0 Å². The maximum atomic E-state index is 11.3. The van der Waals surface area contributed by atoms with E-state index in [1.54, 1.807) is 35.5 Å². The predicted octanol–water partition coefficient (Wildman–Crippen LogP) is 8.05. The van der Waals surface area contributed by atoms with Crippen LogP contribution in [-0.4, -0.2) is 50.9 Å². The summed E-state index contributed by atoms with van der Waals surface area (Å²) in [4.78, 5) is 29.7. The van der Waals surface area contributed by atoms with Gasteiger partial charge in [0.15, 0.2) is 20.4 Å².